The van der Waals surface area contributed by atoms with E-state index in [1.54, 1.807) is 36.1 Å². The summed E-state index contributed by atoms with van der Waals surface area (Å²) >= 11 is 1.42. The normalized spacial score (nSPS) is 14.1. The molecular formula is C16H15N3O3S. The van der Waals surface area contributed by atoms with Crippen LogP contribution in [0.5, 0.6) is 0 Å². The summed E-state index contributed by atoms with van der Waals surface area (Å²) in [5.41, 5.74) is 1.29. The van der Waals surface area contributed by atoms with Crippen molar-refractivity contribution in [1.29, 1.82) is 0 Å². The third-order valence-electron chi connectivity index (χ3n) is 3.76. The van der Waals surface area contributed by atoms with E-state index in [2.05, 4.69) is 9.97 Å². The molecule has 4 rings (SSSR count). The van der Waals surface area contributed by atoms with Crippen LogP contribution < -0.4 is 0 Å². The Morgan fingerprint density at radius 2 is 2.35 bits per heavy atom. The molecule has 6 nitrogen and oxygen atoms in total. The highest BCUT2D eigenvalue weighted by Crippen LogP contribution is 2.40. The Labute approximate surface area is 136 Å². The Balaban J connectivity index is 1.45. The quantitative estimate of drug-likeness (QED) is 0.716. The van der Waals surface area contributed by atoms with Crippen LogP contribution in [0, 0.1) is 0 Å². The van der Waals surface area contributed by atoms with Crippen LogP contribution in [0.15, 0.2) is 39.0 Å². The minimum atomic E-state index is -0.151. The van der Waals surface area contributed by atoms with E-state index in [1.165, 1.54) is 24.2 Å². The van der Waals surface area contributed by atoms with Crippen molar-refractivity contribution in [2.24, 2.45) is 0 Å². The highest BCUT2D eigenvalue weighted by molar-refractivity contribution is 7.13. The topological polar surface area (TPSA) is 72.4 Å². The van der Waals surface area contributed by atoms with E-state index in [9.17, 15) is 4.79 Å². The average Bonchev–Trinajstić information content (AvgIpc) is 3.02. The van der Waals surface area contributed by atoms with Gasteiger partial charge in [-0.15, -0.1) is 11.3 Å². The average molecular weight is 329 g/mol. The summed E-state index contributed by atoms with van der Waals surface area (Å²) in [6.07, 6.45) is 7.30. The first-order valence-electron chi connectivity index (χ1n) is 7.39. The van der Waals surface area contributed by atoms with Gasteiger partial charge in [0.2, 0.25) is 5.89 Å². The van der Waals surface area contributed by atoms with Crippen molar-refractivity contribution < 1.29 is 13.6 Å². The first kappa shape index (κ1) is 14.2. The molecule has 1 aliphatic carbocycles. The number of amides is 1. The number of nitrogens with zero attached hydrogens (tertiary/aromatic N) is 3. The largest absolute Gasteiger partial charge is 0.472 e. The maximum absolute atomic E-state index is 12.5. The lowest BCUT2D eigenvalue weighted by Crippen LogP contribution is -2.26. The zero-order chi connectivity index (χ0) is 15.8. The third-order valence-corrected chi connectivity index (χ3v) is 4.65. The van der Waals surface area contributed by atoms with Crippen molar-refractivity contribution in [1.82, 2.24) is 14.9 Å². The second kappa shape index (κ2) is 5.66. The molecule has 3 aromatic rings. The molecule has 0 atom stereocenters. The second-order valence-electron chi connectivity index (χ2n) is 5.64. The number of hydrogen-bond acceptors (Lipinski definition) is 6. The number of furan rings is 1. The molecule has 0 bridgehead atoms. The van der Waals surface area contributed by atoms with Gasteiger partial charge in [-0.3, -0.25) is 4.79 Å². The summed E-state index contributed by atoms with van der Waals surface area (Å²) in [6, 6.07) is 1.82. The fourth-order valence-electron chi connectivity index (χ4n) is 2.32. The zero-order valence-electron chi connectivity index (χ0n) is 12.6. The maximum Gasteiger partial charge on any atom is 0.273 e. The van der Waals surface area contributed by atoms with Gasteiger partial charge in [0, 0.05) is 23.9 Å². The number of carbonyl (C=O) groups excluding carboxylic acids is 1. The molecule has 0 unspecified atom stereocenters. The van der Waals surface area contributed by atoms with Gasteiger partial charge in [0.1, 0.15) is 22.7 Å². The lowest BCUT2D eigenvalue weighted by molar-refractivity contribution is 0.0767. The Hall–Kier alpha value is -2.41. The smallest absolute Gasteiger partial charge is 0.273 e. The van der Waals surface area contributed by atoms with Gasteiger partial charge in [-0.2, -0.15) is 0 Å². The van der Waals surface area contributed by atoms with Gasteiger partial charge in [0.15, 0.2) is 0 Å². The van der Waals surface area contributed by atoms with Crippen molar-refractivity contribution in [3.05, 3.63) is 47.5 Å². The summed E-state index contributed by atoms with van der Waals surface area (Å²) in [4.78, 5) is 22.7. The molecule has 1 amide bonds. The Kier molecular flexibility index (Phi) is 3.49. The van der Waals surface area contributed by atoms with Crippen molar-refractivity contribution in [3.63, 3.8) is 0 Å². The molecule has 0 aliphatic heterocycles. The van der Waals surface area contributed by atoms with Crippen LogP contribution >= 0.6 is 11.3 Å². The van der Waals surface area contributed by atoms with Crippen molar-refractivity contribution >= 4 is 17.2 Å². The van der Waals surface area contributed by atoms with Crippen LogP contribution in [0.4, 0.5) is 0 Å². The van der Waals surface area contributed by atoms with Crippen LogP contribution in [-0.2, 0) is 6.54 Å². The van der Waals surface area contributed by atoms with E-state index in [4.69, 9.17) is 8.83 Å². The Morgan fingerprint density at radius 1 is 1.48 bits per heavy atom. The molecule has 7 heteroatoms. The van der Waals surface area contributed by atoms with E-state index >= 15 is 0 Å². The Bertz CT molecular complexity index is 817. The summed E-state index contributed by atoms with van der Waals surface area (Å²) < 4.78 is 10.7. The molecule has 1 saturated carbocycles. The predicted molar refractivity (Wildman–Crippen MR) is 84.1 cm³/mol. The van der Waals surface area contributed by atoms with Crippen LogP contribution in [0.3, 0.4) is 0 Å². The highest BCUT2D eigenvalue weighted by Gasteiger charge is 2.28. The van der Waals surface area contributed by atoms with E-state index < -0.39 is 0 Å². The second-order valence-corrected chi connectivity index (χ2v) is 6.50. The van der Waals surface area contributed by atoms with Gasteiger partial charge in [-0.05, 0) is 18.9 Å². The van der Waals surface area contributed by atoms with E-state index in [-0.39, 0.29) is 5.91 Å². The van der Waals surface area contributed by atoms with E-state index in [0.29, 0.717) is 24.0 Å². The monoisotopic (exact) mass is 329 g/mol. The highest BCUT2D eigenvalue weighted by atomic mass is 32.1. The fourth-order valence-corrected chi connectivity index (χ4v) is 3.10. The molecule has 0 radical (unpaired) electrons. The van der Waals surface area contributed by atoms with E-state index in [0.717, 1.165) is 16.3 Å². The zero-order valence-corrected chi connectivity index (χ0v) is 13.4. The minimum Gasteiger partial charge on any atom is -0.472 e. The molecule has 3 aromatic heterocycles. The summed E-state index contributed by atoms with van der Waals surface area (Å²) in [5.74, 6) is 1.86. The molecule has 1 fully saturated rings. The molecule has 118 valence electrons. The van der Waals surface area contributed by atoms with Gasteiger partial charge in [0.25, 0.3) is 5.91 Å². The Morgan fingerprint density at radius 3 is 3.09 bits per heavy atom. The van der Waals surface area contributed by atoms with Crippen molar-refractivity contribution in [3.8, 4) is 10.6 Å². The number of oxazole rings is 1. The summed E-state index contributed by atoms with van der Waals surface area (Å²) in [7, 11) is 1.72. The molecule has 3 heterocycles. The summed E-state index contributed by atoms with van der Waals surface area (Å²) in [5, 5.41) is 2.52. The van der Waals surface area contributed by atoms with Crippen LogP contribution in [0.2, 0.25) is 0 Å². The van der Waals surface area contributed by atoms with Crippen molar-refractivity contribution in [2.45, 2.75) is 25.3 Å². The van der Waals surface area contributed by atoms with Gasteiger partial charge >= 0.3 is 0 Å². The van der Waals surface area contributed by atoms with Crippen LogP contribution in [0.25, 0.3) is 10.6 Å². The number of thiazole rings is 1. The first-order valence-corrected chi connectivity index (χ1v) is 8.27. The molecule has 1 aliphatic rings. The molecule has 0 saturated heterocycles. The number of hydrogen-bond donors (Lipinski definition) is 0. The molecule has 0 aromatic carbocycles. The standard InChI is InChI=1S/C16H15N3O3S/c1-19(7-14-17-6-13(22-14)10-2-3-10)16(20)12-9-23-15(18-12)11-4-5-21-8-11/h4-6,8-10H,2-3,7H2,1H3. The lowest BCUT2D eigenvalue weighted by atomic mass is 10.3. The van der Waals surface area contributed by atoms with Gasteiger partial charge in [-0.1, -0.05) is 0 Å². The molecule has 23 heavy (non-hydrogen) atoms. The SMILES string of the molecule is CN(Cc1ncc(C2CC2)o1)C(=O)c1csc(-c2ccoc2)n1. The van der Waals surface area contributed by atoms with Crippen molar-refractivity contribution in [2.75, 3.05) is 7.05 Å². The van der Waals surface area contributed by atoms with E-state index in [1.807, 2.05) is 6.07 Å². The maximum atomic E-state index is 12.5. The van der Waals surface area contributed by atoms with Crippen LogP contribution in [0.1, 0.15) is 40.9 Å². The summed E-state index contributed by atoms with van der Waals surface area (Å²) in [6.45, 7) is 0.337. The molecule has 0 N–H and O–H groups in total. The van der Waals surface area contributed by atoms with Gasteiger partial charge < -0.3 is 13.7 Å². The minimum absolute atomic E-state index is 0.151. The lowest BCUT2D eigenvalue weighted by Gasteiger charge is -2.13. The number of aromatic nitrogens is 2. The number of carbonyl (C=O) groups is 1. The fraction of sp³-hybridized carbons (Fsp3) is 0.312. The third kappa shape index (κ3) is 2.92. The van der Waals surface area contributed by atoms with Crippen LogP contribution in [-0.4, -0.2) is 27.8 Å². The molecule has 0 spiro atoms. The molecular weight excluding hydrogens is 314 g/mol. The predicted octanol–water partition coefficient (Wildman–Crippen LogP) is 3.54. The van der Waals surface area contributed by atoms with Gasteiger partial charge in [-0.25, -0.2) is 9.97 Å². The number of rotatable bonds is 5. The first-order chi connectivity index (χ1) is 11.2. The van der Waals surface area contributed by atoms with Gasteiger partial charge in [0.05, 0.1) is 19.0 Å².